The first-order valence-corrected chi connectivity index (χ1v) is 8.89. The molecule has 0 radical (unpaired) electrons. The van der Waals surface area contributed by atoms with Crippen molar-refractivity contribution >= 4 is 52.5 Å². The lowest BCUT2D eigenvalue weighted by atomic mass is 10.2. The van der Waals surface area contributed by atoms with Crippen molar-refractivity contribution in [2.45, 2.75) is 19.8 Å². The minimum Gasteiger partial charge on any atom is -0.402 e. The highest BCUT2D eigenvalue weighted by molar-refractivity contribution is 8.03. The number of nitrogens with one attached hydrogen (secondary N) is 2. The van der Waals surface area contributed by atoms with Gasteiger partial charge >= 0.3 is 0 Å². The smallest absolute Gasteiger partial charge is 0.250 e. The molecule has 24 heavy (non-hydrogen) atoms. The number of thioether (sulfide) groups is 1. The Labute approximate surface area is 155 Å². The Morgan fingerprint density at radius 1 is 1.38 bits per heavy atom. The van der Waals surface area contributed by atoms with Crippen LogP contribution in [0.25, 0.3) is 0 Å². The van der Waals surface area contributed by atoms with Crippen LogP contribution in [-0.2, 0) is 9.59 Å². The van der Waals surface area contributed by atoms with Crippen molar-refractivity contribution < 1.29 is 9.59 Å². The van der Waals surface area contributed by atoms with Gasteiger partial charge in [0, 0.05) is 16.8 Å². The van der Waals surface area contributed by atoms with Gasteiger partial charge < -0.3 is 16.4 Å². The SMILES string of the molecule is C=C(NC(=O)/C=C(\N)CCC)SCC(=O)Nc1cc(Cl)ccc1Cl. The van der Waals surface area contributed by atoms with Crippen LogP contribution in [0.1, 0.15) is 19.8 Å². The van der Waals surface area contributed by atoms with Crippen molar-refractivity contribution in [3.8, 4) is 0 Å². The summed E-state index contributed by atoms with van der Waals surface area (Å²) in [7, 11) is 0. The van der Waals surface area contributed by atoms with Crippen LogP contribution in [0.4, 0.5) is 5.69 Å². The predicted octanol–water partition coefficient (Wildman–Crippen LogP) is 3.90. The van der Waals surface area contributed by atoms with Crippen LogP contribution in [0.15, 0.2) is 41.6 Å². The van der Waals surface area contributed by atoms with Gasteiger partial charge in [0.1, 0.15) is 0 Å². The minimum atomic E-state index is -0.364. The first kappa shape index (κ1) is 20.4. The maximum absolute atomic E-state index is 11.9. The fourth-order valence-electron chi connectivity index (χ4n) is 1.67. The van der Waals surface area contributed by atoms with E-state index in [-0.39, 0.29) is 17.6 Å². The normalized spacial score (nSPS) is 11.0. The van der Waals surface area contributed by atoms with Gasteiger partial charge in [-0.15, -0.1) is 0 Å². The molecule has 0 heterocycles. The summed E-state index contributed by atoms with van der Waals surface area (Å²) in [6.45, 7) is 5.66. The number of hydrogen-bond donors (Lipinski definition) is 3. The Morgan fingerprint density at radius 3 is 2.75 bits per heavy atom. The van der Waals surface area contributed by atoms with Crippen molar-refractivity contribution in [2.75, 3.05) is 11.1 Å². The van der Waals surface area contributed by atoms with E-state index in [9.17, 15) is 9.59 Å². The van der Waals surface area contributed by atoms with Crippen LogP contribution in [0.2, 0.25) is 10.0 Å². The van der Waals surface area contributed by atoms with Crippen molar-refractivity contribution in [2.24, 2.45) is 5.73 Å². The van der Waals surface area contributed by atoms with Gasteiger partial charge in [0.05, 0.1) is 21.5 Å². The molecule has 1 rings (SSSR count). The van der Waals surface area contributed by atoms with Gasteiger partial charge in [-0.05, 0) is 24.6 Å². The molecule has 0 aliphatic rings. The number of amides is 2. The summed E-state index contributed by atoms with van der Waals surface area (Å²) in [4.78, 5) is 23.6. The summed E-state index contributed by atoms with van der Waals surface area (Å²) >= 11 is 12.9. The second-order valence-electron chi connectivity index (χ2n) is 4.84. The third kappa shape index (κ3) is 7.77. The molecule has 1 aromatic carbocycles. The first-order valence-electron chi connectivity index (χ1n) is 7.15. The molecule has 0 aliphatic carbocycles. The minimum absolute atomic E-state index is 0.0656. The molecule has 0 saturated carbocycles. The zero-order chi connectivity index (χ0) is 18.1. The molecule has 5 nitrogen and oxygen atoms in total. The van der Waals surface area contributed by atoms with Gasteiger partial charge in [0.2, 0.25) is 11.8 Å². The Hall–Kier alpha value is -1.63. The number of carbonyl (C=O) groups excluding carboxylic acids is 2. The molecule has 0 bridgehead atoms. The van der Waals surface area contributed by atoms with Gasteiger partial charge in [-0.3, -0.25) is 9.59 Å². The van der Waals surface area contributed by atoms with Gasteiger partial charge in [-0.25, -0.2) is 0 Å². The molecular formula is C16H19Cl2N3O2S. The highest BCUT2D eigenvalue weighted by atomic mass is 35.5. The Morgan fingerprint density at radius 2 is 2.08 bits per heavy atom. The number of hydrogen-bond acceptors (Lipinski definition) is 4. The zero-order valence-corrected chi connectivity index (χ0v) is 15.5. The number of rotatable bonds is 8. The Bertz CT molecular complexity index is 663. The molecular weight excluding hydrogens is 369 g/mol. The predicted molar refractivity (Wildman–Crippen MR) is 102 cm³/mol. The summed E-state index contributed by atoms with van der Waals surface area (Å²) in [6, 6.07) is 4.78. The van der Waals surface area contributed by atoms with Crippen LogP contribution >= 0.6 is 35.0 Å². The van der Waals surface area contributed by atoms with Crippen LogP contribution in [0.5, 0.6) is 0 Å². The summed E-state index contributed by atoms with van der Waals surface area (Å²) in [5.74, 6) is -0.590. The van der Waals surface area contributed by atoms with E-state index in [0.29, 0.717) is 32.9 Å². The van der Waals surface area contributed by atoms with E-state index in [1.807, 2.05) is 6.92 Å². The van der Waals surface area contributed by atoms with Crippen molar-refractivity contribution in [1.29, 1.82) is 0 Å². The summed E-state index contributed by atoms with van der Waals surface area (Å²) in [6.07, 6.45) is 2.83. The molecule has 8 heteroatoms. The van der Waals surface area contributed by atoms with E-state index in [4.69, 9.17) is 28.9 Å². The summed E-state index contributed by atoms with van der Waals surface area (Å²) in [5, 5.41) is 6.41. The van der Waals surface area contributed by atoms with Gasteiger partial charge in [0.15, 0.2) is 0 Å². The summed E-state index contributed by atoms with van der Waals surface area (Å²) in [5.41, 5.74) is 6.60. The lowest BCUT2D eigenvalue weighted by molar-refractivity contribution is -0.116. The molecule has 0 unspecified atom stereocenters. The maximum Gasteiger partial charge on any atom is 0.250 e. The zero-order valence-electron chi connectivity index (χ0n) is 13.2. The number of nitrogens with two attached hydrogens (primary N) is 1. The van der Waals surface area contributed by atoms with Crippen molar-refractivity contribution in [3.63, 3.8) is 0 Å². The molecule has 0 aromatic heterocycles. The molecule has 0 atom stereocenters. The maximum atomic E-state index is 11.9. The second kappa shape index (κ2) is 10.3. The first-order chi connectivity index (χ1) is 11.3. The van der Waals surface area contributed by atoms with Crippen molar-refractivity contribution in [1.82, 2.24) is 5.32 Å². The molecule has 1 aromatic rings. The molecule has 0 spiro atoms. The number of carbonyl (C=O) groups is 2. The highest BCUT2D eigenvalue weighted by Gasteiger charge is 2.09. The standard InChI is InChI=1S/C16H19Cl2N3O2S/c1-3-4-12(19)8-15(22)20-10(2)24-9-16(23)21-14-7-11(17)5-6-13(14)18/h5-8H,2-4,9,19H2,1H3,(H,20,22)(H,21,23)/b12-8-. The van der Waals surface area contributed by atoms with Crippen LogP contribution < -0.4 is 16.4 Å². The fourth-order valence-corrected chi connectivity index (χ4v) is 2.56. The van der Waals surface area contributed by atoms with E-state index in [1.54, 1.807) is 18.2 Å². The van der Waals surface area contributed by atoms with E-state index >= 15 is 0 Å². The molecule has 130 valence electrons. The van der Waals surface area contributed by atoms with E-state index in [0.717, 1.165) is 18.2 Å². The number of anilines is 1. The molecule has 0 aliphatic heterocycles. The van der Waals surface area contributed by atoms with Gasteiger partial charge in [0.25, 0.3) is 0 Å². The lowest BCUT2D eigenvalue weighted by Gasteiger charge is -2.09. The highest BCUT2D eigenvalue weighted by Crippen LogP contribution is 2.25. The van der Waals surface area contributed by atoms with Gasteiger partial charge in [-0.2, -0.15) is 0 Å². The van der Waals surface area contributed by atoms with Crippen LogP contribution in [0, 0.1) is 0 Å². The van der Waals surface area contributed by atoms with E-state index in [1.165, 1.54) is 6.08 Å². The summed E-state index contributed by atoms with van der Waals surface area (Å²) < 4.78 is 0. The molecule has 0 saturated heterocycles. The van der Waals surface area contributed by atoms with E-state index < -0.39 is 0 Å². The van der Waals surface area contributed by atoms with Crippen LogP contribution in [-0.4, -0.2) is 17.6 Å². The molecule has 0 fully saturated rings. The third-order valence-electron chi connectivity index (χ3n) is 2.70. The lowest BCUT2D eigenvalue weighted by Crippen LogP contribution is -2.21. The fraction of sp³-hybridized carbons (Fsp3) is 0.250. The molecule has 4 N–H and O–H groups in total. The van der Waals surface area contributed by atoms with E-state index in [2.05, 4.69) is 17.2 Å². The largest absolute Gasteiger partial charge is 0.402 e. The monoisotopic (exact) mass is 387 g/mol. The average Bonchev–Trinajstić information content (AvgIpc) is 2.49. The topological polar surface area (TPSA) is 84.2 Å². The number of benzene rings is 1. The van der Waals surface area contributed by atoms with Crippen LogP contribution in [0.3, 0.4) is 0 Å². The quantitative estimate of drug-likeness (QED) is 0.590. The Balaban J connectivity index is 2.44. The number of allylic oxidation sites excluding steroid dienone is 1. The Kier molecular flexibility index (Phi) is 8.74. The second-order valence-corrected chi connectivity index (χ2v) is 6.76. The number of halogens is 2. The van der Waals surface area contributed by atoms with Crippen molar-refractivity contribution in [3.05, 3.63) is 51.6 Å². The average molecular weight is 388 g/mol. The van der Waals surface area contributed by atoms with Gasteiger partial charge in [-0.1, -0.05) is 54.9 Å². The third-order valence-corrected chi connectivity index (χ3v) is 4.12. The molecule has 2 amide bonds.